The Kier molecular flexibility index (Phi) is 4.16. The van der Waals surface area contributed by atoms with Gasteiger partial charge in [-0.3, -0.25) is 4.79 Å². The molecule has 0 aliphatic carbocycles. The summed E-state index contributed by atoms with van der Waals surface area (Å²) in [6.07, 6.45) is 0. The van der Waals surface area contributed by atoms with Crippen LogP contribution in [-0.2, 0) is 0 Å². The van der Waals surface area contributed by atoms with Crippen LogP contribution in [0.2, 0.25) is 0 Å². The zero-order valence-electron chi connectivity index (χ0n) is 12.6. The Balaban J connectivity index is 1.80. The predicted octanol–water partition coefficient (Wildman–Crippen LogP) is 5.50. The van der Waals surface area contributed by atoms with Gasteiger partial charge in [-0.1, -0.05) is 42.5 Å². The van der Waals surface area contributed by atoms with Gasteiger partial charge in [-0.05, 0) is 59.3 Å². The number of hydrogen-bond donors (Lipinski definition) is 0. The maximum atomic E-state index is 12.4. The topological polar surface area (TPSA) is 20.3 Å². The van der Waals surface area contributed by atoms with Crippen molar-refractivity contribution in [3.63, 3.8) is 0 Å². The van der Waals surface area contributed by atoms with E-state index in [1.54, 1.807) is 4.90 Å². The van der Waals surface area contributed by atoms with Gasteiger partial charge in [0.2, 0.25) is 0 Å². The fraction of sp³-hybridized carbons (Fsp3) is 0.105. The fourth-order valence-electron chi connectivity index (χ4n) is 2.34. The van der Waals surface area contributed by atoms with Gasteiger partial charge in [-0.15, -0.1) is 0 Å². The van der Waals surface area contributed by atoms with Crippen LogP contribution in [0, 0.1) is 6.92 Å². The molecule has 1 amide bonds. The molecule has 0 N–H and O–H groups in total. The molecule has 0 bridgehead atoms. The van der Waals surface area contributed by atoms with Gasteiger partial charge in [-0.25, -0.2) is 0 Å². The molecule has 3 aromatic rings. The lowest BCUT2D eigenvalue weighted by atomic mass is 10.1. The minimum absolute atomic E-state index is 0.0147. The van der Waals surface area contributed by atoms with Crippen molar-refractivity contribution in [3.05, 3.63) is 72.3 Å². The molecule has 0 atom stereocenters. The second kappa shape index (κ2) is 6.24. The number of carbonyl (C=O) groups excluding carboxylic acids is 1. The SMILES string of the molecule is Cc1cccc(N(C)C(=O)Sc2ccc3ccccc3c2)c1. The van der Waals surface area contributed by atoms with Crippen LogP contribution in [0.5, 0.6) is 0 Å². The van der Waals surface area contributed by atoms with E-state index in [0.717, 1.165) is 21.5 Å². The molecule has 3 aromatic carbocycles. The molecular weight excluding hydrogens is 290 g/mol. The van der Waals surface area contributed by atoms with E-state index in [2.05, 4.69) is 24.3 Å². The van der Waals surface area contributed by atoms with Crippen molar-refractivity contribution in [2.75, 3.05) is 11.9 Å². The normalized spacial score (nSPS) is 10.6. The Morgan fingerprint density at radius 3 is 2.45 bits per heavy atom. The second-order valence-electron chi connectivity index (χ2n) is 5.27. The Bertz CT molecular complexity index is 828. The lowest BCUT2D eigenvalue weighted by Crippen LogP contribution is -2.21. The average Bonchev–Trinajstić information content (AvgIpc) is 2.54. The van der Waals surface area contributed by atoms with Gasteiger partial charge >= 0.3 is 0 Å². The number of fused-ring (bicyclic) bond motifs is 1. The van der Waals surface area contributed by atoms with Crippen LogP contribution in [0.25, 0.3) is 10.8 Å². The third kappa shape index (κ3) is 3.15. The van der Waals surface area contributed by atoms with E-state index in [-0.39, 0.29) is 5.24 Å². The zero-order valence-corrected chi connectivity index (χ0v) is 13.4. The highest BCUT2D eigenvalue weighted by Crippen LogP contribution is 2.27. The van der Waals surface area contributed by atoms with Crippen molar-refractivity contribution in [2.45, 2.75) is 11.8 Å². The summed E-state index contributed by atoms with van der Waals surface area (Å²) in [6, 6.07) is 22.2. The number of rotatable bonds is 2. The number of nitrogens with zero attached hydrogens (tertiary/aromatic N) is 1. The van der Waals surface area contributed by atoms with E-state index >= 15 is 0 Å². The molecule has 0 unspecified atom stereocenters. The summed E-state index contributed by atoms with van der Waals surface area (Å²) >= 11 is 1.25. The number of aryl methyl sites for hydroxylation is 1. The van der Waals surface area contributed by atoms with Gasteiger partial charge < -0.3 is 4.90 Å². The Labute approximate surface area is 134 Å². The molecule has 0 aromatic heterocycles. The Morgan fingerprint density at radius 1 is 0.909 bits per heavy atom. The largest absolute Gasteiger partial charge is 0.306 e. The maximum Gasteiger partial charge on any atom is 0.290 e. The van der Waals surface area contributed by atoms with E-state index in [1.807, 2.05) is 56.4 Å². The number of anilines is 1. The zero-order chi connectivity index (χ0) is 15.5. The quantitative estimate of drug-likeness (QED) is 0.583. The molecule has 0 aliphatic rings. The Hall–Kier alpha value is -2.26. The molecule has 0 saturated carbocycles. The van der Waals surface area contributed by atoms with Crippen LogP contribution in [0.15, 0.2) is 71.6 Å². The van der Waals surface area contributed by atoms with Crippen LogP contribution in [0.1, 0.15) is 5.56 Å². The first-order chi connectivity index (χ1) is 10.6. The highest BCUT2D eigenvalue weighted by molar-refractivity contribution is 8.14. The first-order valence-electron chi connectivity index (χ1n) is 7.14. The first kappa shape index (κ1) is 14.7. The van der Waals surface area contributed by atoms with Crippen molar-refractivity contribution < 1.29 is 4.79 Å². The number of thioether (sulfide) groups is 1. The predicted molar refractivity (Wildman–Crippen MR) is 94.8 cm³/mol. The van der Waals surface area contributed by atoms with Crippen molar-refractivity contribution in [3.8, 4) is 0 Å². The summed E-state index contributed by atoms with van der Waals surface area (Å²) in [4.78, 5) is 15.1. The summed E-state index contributed by atoms with van der Waals surface area (Å²) in [6.45, 7) is 2.03. The second-order valence-corrected chi connectivity index (χ2v) is 6.30. The third-order valence-corrected chi connectivity index (χ3v) is 4.53. The van der Waals surface area contributed by atoms with E-state index in [4.69, 9.17) is 0 Å². The van der Waals surface area contributed by atoms with Crippen molar-refractivity contribution in [1.29, 1.82) is 0 Å². The van der Waals surface area contributed by atoms with Crippen LogP contribution >= 0.6 is 11.8 Å². The van der Waals surface area contributed by atoms with Crippen LogP contribution in [0.3, 0.4) is 0 Å². The lowest BCUT2D eigenvalue weighted by molar-refractivity contribution is 0.266. The van der Waals surface area contributed by atoms with Gasteiger partial charge in [0.05, 0.1) is 0 Å². The number of benzene rings is 3. The molecular formula is C19H17NOS. The van der Waals surface area contributed by atoms with Gasteiger partial charge in [0.15, 0.2) is 0 Å². The fourth-order valence-corrected chi connectivity index (χ4v) is 3.11. The molecule has 0 heterocycles. The monoisotopic (exact) mass is 307 g/mol. The molecule has 3 rings (SSSR count). The minimum atomic E-state index is 0.0147. The highest BCUT2D eigenvalue weighted by atomic mass is 32.2. The molecule has 0 spiro atoms. The Morgan fingerprint density at radius 2 is 1.68 bits per heavy atom. The molecule has 3 heteroatoms. The van der Waals surface area contributed by atoms with Crippen molar-refractivity contribution in [1.82, 2.24) is 0 Å². The molecule has 0 saturated heterocycles. The molecule has 22 heavy (non-hydrogen) atoms. The summed E-state index contributed by atoms with van der Waals surface area (Å²) in [5.74, 6) is 0. The third-order valence-electron chi connectivity index (χ3n) is 3.59. The smallest absolute Gasteiger partial charge is 0.290 e. The summed E-state index contributed by atoms with van der Waals surface area (Å²) < 4.78 is 0. The molecule has 110 valence electrons. The summed E-state index contributed by atoms with van der Waals surface area (Å²) in [5.41, 5.74) is 2.06. The molecule has 0 aliphatic heterocycles. The van der Waals surface area contributed by atoms with E-state index in [0.29, 0.717) is 0 Å². The number of carbonyl (C=O) groups is 1. The van der Waals surface area contributed by atoms with Crippen LogP contribution < -0.4 is 4.90 Å². The van der Waals surface area contributed by atoms with Crippen LogP contribution in [0.4, 0.5) is 10.5 Å². The molecule has 0 radical (unpaired) electrons. The standard InChI is InChI=1S/C19H17NOS/c1-14-6-5-9-17(12-14)20(2)19(21)22-18-11-10-15-7-3-4-8-16(15)13-18/h3-13H,1-2H3. The van der Waals surface area contributed by atoms with Crippen LogP contribution in [-0.4, -0.2) is 12.3 Å². The number of hydrogen-bond acceptors (Lipinski definition) is 2. The van der Waals surface area contributed by atoms with E-state index < -0.39 is 0 Å². The maximum absolute atomic E-state index is 12.4. The van der Waals surface area contributed by atoms with Gasteiger partial charge in [-0.2, -0.15) is 0 Å². The molecule has 0 fully saturated rings. The van der Waals surface area contributed by atoms with E-state index in [9.17, 15) is 4.79 Å². The minimum Gasteiger partial charge on any atom is -0.306 e. The highest BCUT2D eigenvalue weighted by Gasteiger charge is 2.13. The molecule has 2 nitrogen and oxygen atoms in total. The average molecular weight is 307 g/mol. The summed E-state index contributed by atoms with van der Waals surface area (Å²) in [5, 5.41) is 2.35. The van der Waals surface area contributed by atoms with Crippen molar-refractivity contribution >= 4 is 33.5 Å². The number of amides is 1. The first-order valence-corrected chi connectivity index (χ1v) is 7.96. The lowest BCUT2D eigenvalue weighted by Gasteiger charge is -2.17. The van der Waals surface area contributed by atoms with Gasteiger partial charge in [0.1, 0.15) is 0 Å². The van der Waals surface area contributed by atoms with Gasteiger partial charge in [0, 0.05) is 17.6 Å². The van der Waals surface area contributed by atoms with Gasteiger partial charge in [0.25, 0.3) is 5.24 Å². The van der Waals surface area contributed by atoms with Crippen molar-refractivity contribution in [2.24, 2.45) is 0 Å². The van der Waals surface area contributed by atoms with E-state index in [1.165, 1.54) is 17.1 Å². The summed E-state index contributed by atoms with van der Waals surface area (Å²) in [7, 11) is 1.81.